The van der Waals surface area contributed by atoms with Crippen LogP contribution in [-0.2, 0) is 6.42 Å². The highest BCUT2D eigenvalue weighted by atomic mass is 16.3. The number of likely N-dealkylation sites (tertiary alicyclic amines) is 1. The van der Waals surface area contributed by atoms with Gasteiger partial charge in [0.25, 0.3) is 0 Å². The van der Waals surface area contributed by atoms with Gasteiger partial charge in [-0.3, -0.25) is 14.9 Å². The number of guanidine groups is 1. The van der Waals surface area contributed by atoms with E-state index in [1.54, 1.807) is 13.3 Å². The van der Waals surface area contributed by atoms with Crippen LogP contribution in [0.15, 0.2) is 46.1 Å². The Kier molecular flexibility index (Phi) is 6.66. The van der Waals surface area contributed by atoms with E-state index >= 15 is 0 Å². The van der Waals surface area contributed by atoms with E-state index in [0.29, 0.717) is 0 Å². The summed E-state index contributed by atoms with van der Waals surface area (Å²) in [7, 11) is 1.81. The number of aliphatic imine (C=N–C) groups is 1. The Morgan fingerprint density at radius 1 is 1.27 bits per heavy atom. The summed E-state index contributed by atoms with van der Waals surface area (Å²) in [5.74, 6) is 1.83. The maximum absolute atomic E-state index is 5.67. The number of hydrogen-bond acceptors (Lipinski definition) is 4. The summed E-state index contributed by atoms with van der Waals surface area (Å²) in [6.45, 7) is 5.85. The van der Waals surface area contributed by atoms with Gasteiger partial charge < -0.3 is 15.1 Å². The first-order valence-electron chi connectivity index (χ1n) is 9.40. The molecule has 1 aliphatic heterocycles. The van der Waals surface area contributed by atoms with Crippen LogP contribution in [-0.4, -0.2) is 49.1 Å². The number of pyridine rings is 1. The Balaban J connectivity index is 1.49. The highest BCUT2D eigenvalue weighted by Gasteiger charge is 2.25. The highest BCUT2D eigenvalue weighted by Crippen LogP contribution is 2.24. The Morgan fingerprint density at radius 2 is 2.12 bits per heavy atom. The zero-order chi connectivity index (χ0) is 18.2. The van der Waals surface area contributed by atoms with Crippen molar-refractivity contribution >= 4 is 5.96 Å². The van der Waals surface area contributed by atoms with Crippen molar-refractivity contribution in [3.8, 4) is 0 Å². The van der Waals surface area contributed by atoms with Crippen LogP contribution in [0, 0.1) is 6.92 Å². The molecule has 0 aromatic carbocycles. The van der Waals surface area contributed by atoms with Crippen molar-refractivity contribution in [2.75, 3.05) is 33.2 Å². The molecule has 2 aromatic rings. The van der Waals surface area contributed by atoms with Crippen LogP contribution < -0.4 is 10.6 Å². The minimum Gasteiger partial charge on any atom is -0.468 e. The summed E-state index contributed by atoms with van der Waals surface area (Å²) < 4.78 is 5.67. The Hall–Kier alpha value is -2.34. The SMILES string of the molecule is CN=C(NCCc1ccc(C)nc1)NCC(c1ccco1)N1CCCC1. The Bertz CT molecular complexity index is 675. The number of hydrogen-bond donors (Lipinski definition) is 2. The normalized spacial score (nSPS) is 16.6. The average molecular weight is 355 g/mol. The van der Waals surface area contributed by atoms with Crippen molar-refractivity contribution in [2.45, 2.75) is 32.2 Å². The van der Waals surface area contributed by atoms with Crippen LogP contribution >= 0.6 is 0 Å². The first-order valence-corrected chi connectivity index (χ1v) is 9.40. The largest absolute Gasteiger partial charge is 0.468 e. The van der Waals surface area contributed by atoms with Crippen molar-refractivity contribution in [2.24, 2.45) is 4.99 Å². The van der Waals surface area contributed by atoms with Crippen molar-refractivity contribution in [3.63, 3.8) is 0 Å². The van der Waals surface area contributed by atoms with Gasteiger partial charge in [-0.05, 0) is 63.0 Å². The Labute approximate surface area is 155 Å². The first-order chi connectivity index (χ1) is 12.8. The number of rotatable bonds is 7. The van der Waals surface area contributed by atoms with Crippen LogP contribution in [0.3, 0.4) is 0 Å². The van der Waals surface area contributed by atoms with Gasteiger partial charge in [0.1, 0.15) is 5.76 Å². The number of aromatic nitrogens is 1. The molecule has 0 bridgehead atoms. The quantitative estimate of drug-likeness (QED) is 0.590. The van der Waals surface area contributed by atoms with Gasteiger partial charge in [0, 0.05) is 32.0 Å². The smallest absolute Gasteiger partial charge is 0.191 e. The summed E-state index contributed by atoms with van der Waals surface area (Å²) in [6, 6.07) is 8.44. The summed E-state index contributed by atoms with van der Waals surface area (Å²) in [5.41, 5.74) is 2.27. The molecular weight excluding hydrogens is 326 g/mol. The van der Waals surface area contributed by atoms with Crippen LogP contribution in [0.1, 0.15) is 35.9 Å². The van der Waals surface area contributed by atoms with E-state index in [-0.39, 0.29) is 6.04 Å². The molecule has 2 aromatic heterocycles. The molecule has 2 N–H and O–H groups in total. The fourth-order valence-corrected chi connectivity index (χ4v) is 3.33. The van der Waals surface area contributed by atoms with E-state index in [2.05, 4.69) is 37.6 Å². The van der Waals surface area contributed by atoms with Gasteiger partial charge in [0.05, 0.1) is 12.3 Å². The van der Waals surface area contributed by atoms with Crippen molar-refractivity contribution in [1.29, 1.82) is 0 Å². The van der Waals surface area contributed by atoms with Crippen LogP contribution in [0.2, 0.25) is 0 Å². The molecule has 3 rings (SSSR count). The predicted octanol–water partition coefficient (Wildman–Crippen LogP) is 2.53. The highest BCUT2D eigenvalue weighted by molar-refractivity contribution is 5.79. The van der Waals surface area contributed by atoms with E-state index in [0.717, 1.165) is 50.0 Å². The molecular formula is C20H29N5O. The van der Waals surface area contributed by atoms with Gasteiger partial charge in [-0.1, -0.05) is 6.07 Å². The fourth-order valence-electron chi connectivity index (χ4n) is 3.33. The number of aryl methyl sites for hydroxylation is 1. The van der Waals surface area contributed by atoms with Crippen molar-refractivity contribution in [1.82, 2.24) is 20.5 Å². The monoisotopic (exact) mass is 355 g/mol. The molecule has 0 radical (unpaired) electrons. The summed E-state index contributed by atoms with van der Waals surface area (Å²) in [4.78, 5) is 11.2. The van der Waals surface area contributed by atoms with Crippen LogP contribution in [0.4, 0.5) is 0 Å². The van der Waals surface area contributed by atoms with Crippen LogP contribution in [0.5, 0.6) is 0 Å². The molecule has 1 aliphatic rings. The lowest BCUT2D eigenvalue weighted by Gasteiger charge is -2.26. The molecule has 0 aliphatic carbocycles. The topological polar surface area (TPSA) is 65.7 Å². The molecule has 26 heavy (non-hydrogen) atoms. The lowest BCUT2D eigenvalue weighted by atomic mass is 10.2. The van der Waals surface area contributed by atoms with Gasteiger partial charge in [-0.15, -0.1) is 0 Å². The number of nitrogens with one attached hydrogen (secondary N) is 2. The molecule has 0 amide bonds. The van der Waals surface area contributed by atoms with Crippen LogP contribution in [0.25, 0.3) is 0 Å². The molecule has 1 unspecified atom stereocenters. The number of furan rings is 1. The molecule has 3 heterocycles. The standard InChI is InChI=1S/C20H29N5O/c1-16-7-8-17(14-23-16)9-10-22-20(21-2)24-15-18(19-6-5-13-26-19)25-11-3-4-12-25/h5-8,13-14,18H,3-4,9-12,15H2,1-2H3,(H2,21,22,24). The van der Waals surface area contributed by atoms with Gasteiger partial charge in [0.2, 0.25) is 0 Å². The molecule has 0 spiro atoms. The van der Waals surface area contributed by atoms with E-state index in [4.69, 9.17) is 4.42 Å². The summed E-state index contributed by atoms with van der Waals surface area (Å²) in [5, 5.41) is 6.84. The zero-order valence-corrected chi connectivity index (χ0v) is 15.7. The third kappa shape index (κ3) is 5.08. The van der Waals surface area contributed by atoms with E-state index < -0.39 is 0 Å². The summed E-state index contributed by atoms with van der Waals surface area (Å²) >= 11 is 0. The zero-order valence-electron chi connectivity index (χ0n) is 15.7. The fraction of sp³-hybridized carbons (Fsp3) is 0.500. The first kappa shape index (κ1) is 18.5. The molecule has 140 valence electrons. The molecule has 1 fully saturated rings. The van der Waals surface area contributed by atoms with E-state index in [1.807, 2.05) is 25.3 Å². The maximum Gasteiger partial charge on any atom is 0.191 e. The van der Waals surface area contributed by atoms with E-state index in [9.17, 15) is 0 Å². The molecule has 0 saturated carbocycles. The predicted molar refractivity (Wildman–Crippen MR) is 104 cm³/mol. The van der Waals surface area contributed by atoms with E-state index in [1.165, 1.54) is 18.4 Å². The second-order valence-corrected chi connectivity index (χ2v) is 6.71. The van der Waals surface area contributed by atoms with Gasteiger partial charge in [-0.25, -0.2) is 0 Å². The molecule has 1 atom stereocenters. The molecule has 6 nitrogen and oxygen atoms in total. The summed E-state index contributed by atoms with van der Waals surface area (Å²) in [6.07, 6.45) is 7.12. The second kappa shape index (κ2) is 9.38. The molecule has 6 heteroatoms. The van der Waals surface area contributed by atoms with Gasteiger partial charge >= 0.3 is 0 Å². The average Bonchev–Trinajstić information content (AvgIpc) is 3.36. The maximum atomic E-state index is 5.67. The minimum absolute atomic E-state index is 0.243. The number of nitrogens with zero attached hydrogens (tertiary/aromatic N) is 3. The second-order valence-electron chi connectivity index (χ2n) is 6.71. The third-order valence-electron chi connectivity index (χ3n) is 4.82. The minimum atomic E-state index is 0.243. The van der Waals surface area contributed by atoms with Crippen molar-refractivity contribution < 1.29 is 4.42 Å². The molecule has 1 saturated heterocycles. The Morgan fingerprint density at radius 3 is 2.77 bits per heavy atom. The lowest BCUT2D eigenvalue weighted by molar-refractivity contribution is 0.215. The van der Waals surface area contributed by atoms with Gasteiger partial charge in [-0.2, -0.15) is 0 Å². The van der Waals surface area contributed by atoms with Gasteiger partial charge in [0.15, 0.2) is 5.96 Å². The lowest BCUT2D eigenvalue weighted by Crippen LogP contribution is -2.43. The third-order valence-corrected chi connectivity index (χ3v) is 4.82. The van der Waals surface area contributed by atoms with Crippen molar-refractivity contribution in [3.05, 3.63) is 53.7 Å².